The second-order valence-electron chi connectivity index (χ2n) is 5.17. The molecule has 0 aliphatic carbocycles. The highest BCUT2D eigenvalue weighted by atomic mass is 32.2. The van der Waals surface area contributed by atoms with Gasteiger partial charge in [-0.3, -0.25) is 9.52 Å². The van der Waals surface area contributed by atoms with Crippen molar-refractivity contribution < 1.29 is 17.6 Å². The summed E-state index contributed by atoms with van der Waals surface area (Å²) in [6.45, 7) is 4.88. The van der Waals surface area contributed by atoms with E-state index < -0.39 is 15.8 Å². The summed E-state index contributed by atoms with van der Waals surface area (Å²) in [5.74, 6) is -0.881. The van der Waals surface area contributed by atoms with Gasteiger partial charge in [0.15, 0.2) is 0 Å². The normalized spacial score (nSPS) is 11.1. The van der Waals surface area contributed by atoms with Crippen LogP contribution in [0.2, 0.25) is 0 Å². The van der Waals surface area contributed by atoms with Crippen molar-refractivity contribution in [3.63, 3.8) is 0 Å². The van der Waals surface area contributed by atoms with Crippen LogP contribution < -0.4 is 10.0 Å². The van der Waals surface area contributed by atoms with Crippen LogP contribution in [0.4, 0.5) is 15.8 Å². The van der Waals surface area contributed by atoms with Gasteiger partial charge in [-0.2, -0.15) is 0 Å². The van der Waals surface area contributed by atoms with E-state index in [4.69, 9.17) is 0 Å². The number of carbonyl (C=O) groups excluding carboxylic acids is 1. The van der Waals surface area contributed by atoms with Crippen LogP contribution in [0.3, 0.4) is 0 Å². The zero-order valence-electron chi connectivity index (χ0n) is 13.0. The van der Waals surface area contributed by atoms with Gasteiger partial charge in [-0.05, 0) is 49.2 Å². The third-order valence-corrected chi connectivity index (χ3v) is 4.69. The van der Waals surface area contributed by atoms with Crippen LogP contribution in [0.25, 0.3) is 0 Å². The number of halogens is 1. The standard InChI is InChI=1S/C16H17FN2O3S/c1-10-7-8-15(11(2)16(10)18-12(3)20)19-23(21,22)14-6-4-5-13(17)9-14/h4-9,19H,1-3H3,(H,18,20). The van der Waals surface area contributed by atoms with Gasteiger partial charge in [-0.15, -0.1) is 0 Å². The molecule has 7 heteroatoms. The highest BCUT2D eigenvalue weighted by Gasteiger charge is 2.17. The first-order valence-electron chi connectivity index (χ1n) is 6.87. The number of rotatable bonds is 4. The van der Waals surface area contributed by atoms with Gasteiger partial charge >= 0.3 is 0 Å². The lowest BCUT2D eigenvalue weighted by molar-refractivity contribution is -0.114. The Hall–Kier alpha value is -2.41. The van der Waals surface area contributed by atoms with Crippen molar-refractivity contribution in [1.82, 2.24) is 0 Å². The zero-order chi connectivity index (χ0) is 17.2. The van der Waals surface area contributed by atoms with Crippen LogP contribution >= 0.6 is 0 Å². The minimum atomic E-state index is -3.92. The van der Waals surface area contributed by atoms with Crippen molar-refractivity contribution in [3.05, 3.63) is 53.3 Å². The predicted octanol–water partition coefficient (Wildman–Crippen LogP) is 3.20. The number of nitrogens with one attached hydrogen (secondary N) is 2. The quantitative estimate of drug-likeness (QED) is 0.900. The Kier molecular flexibility index (Phi) is 4.70. The Labute approximate surface area is 134 Å². The largest absolute Gasteiger partial charge is 0.326 e. The molecule has 2 N–H and O–H groups in total. The monoisotopic (exact) mass is 336 g/mol. The Morgan fingerprint density at radius 1 is 1.13 bits per heavy atom. The van der Waals surface area contributed by atoms with Crippen LogP contribution in [0.1, 0.15) is 18.1 Å². The van der Waals surface area contributed by atoms with Gasteiger partial charge in [0.1, 0.15) is 5.82 Å². The number of benzene rings is 2. The van der Waals surface area contributed by atoms with E-state index in [0.717, 1.165) is 11.6 Å². The maximum absolute atomic E-state index is 13.2. The second kappa shape index (κ2) is 6.37. The molecule has 0 bridgehead atoms. The number of sulfonamides is 1. The van der Waals surface area contributed by atoms with Crippen molar-refractivity contribution in [3.8, 4) is 0 Å². The van der Waals surface area contributed by atoms with Crippen LogP contribution in [0.15, 0.2) is 41.3 Å². The first-order chi connectivity index (χ1) is 10.7. The molecule has 0 aliphatic heterocycles. The molecular formula is C16H17FN2O3S. The lowest BCUT2D eigenvalue weighted by atomic mass is 10.1. The van der Waals surface area contributed by atoms with E-state index in [1.54, 1.807) is 19.1 Å². The lowest BCUT2D eigenvalue weighted by Crippen LogP contribution is -2.15. The zero-order valence-corrected chi connectivity index (χ0v) is 13.8. The van der Waals surface area contributed by atoms with Crippen molar-refractivity contribution in [2.45, 2.75) is 25.7 Å². The second-order valence-corrected chi connectivity index (χ2v) is 6.86. The third-order valence-electron chi connectivity index (χ3n) is 3.33. The molecule has 2 aromatic rings. The molecule has 0 saturated carbocycles. The van der Waals surface area contributed by atoms with Crippen LogP contribution in [-0.4, -0.2) is 14.3 Å². The number of hydrogen-bond acceptors (Lipinski definition) is 3. The van der Waals surface area contributed by atoms with Gasteiger partial charge in [0, 0.05) is 12.6 Å². The Morgan fingerprint density at radius 2 is 1.83 bits per heavy atom. The topological polar surface area (TPSA) is 75.3 Å². The molecule has 2 rings (SSSR count). The predicted molar refractivity (Wildman–Crippen MR) is 87.4 cm³/mol. The Bertz CT molecular complexity index is 864. The fourth-order valence-corrected chi connectivity index (χ4v) is 3.32. The van der Waals surface area contributed by atoms with Gasteiger partial charge in [0.25, 0.3) is 10.0 Å². The highest BCUT2D eigenvalue weighted by molar-refractivity contribution is 7.92. The Balaban J connectivity index is 2.42. The van der Waals surface area contributed by atoms with Crippen molar-refractivity contribution in [2.75, 3.05) is 10.0 Å². The van der Waals surface area contributed by atoms with Gasteiger partial charge in [0.05, 0.1) is 10.6 Å². The van der Waals surface area contributed by atoms with Crippen molar-refractivity contribution >= 4 is 27.3 Å². The smallest absolute Gasteiger partial charge is 0.262 e. The SMILES string of the molecule is CC(=O)Nc1c(C)ccc(NS(=O)(=O)c2cccc(F)c2)c1C. The molecule has 0 heterocycles. The highest BCUT2D eigenvalue weighted by Crippen LogP contribution is 2.29. The van der Waals surface area contributed by atoms with E-state index in [1.807, 2.05) is 6.92 Å². The lowest BCUT2D eigenvalue weighted by Gasteiger charge is -2.16. The average molecular weight is 336 g/mol. The van der Waals surface area contributed by atoms with E-state index >= 15 is 0 Å². The molecule has 0 fully saturated rings. The van der Waals surface area contributed by atoms with Gasteiger partial charge in [0.2, 0.25) is 5.91 Å². The van der Waals surface area contributed by atoms with Gasteiger partial charge in [-0.1, -0.05) is 12.1 Å². The summed E-state index contributed by atoms with van der Waals surface area (Å²) in [6.07, 6.45) is 0. The van der Waals surface area contributed by atoms with E-state index in [2.05, 4.69) is 10.0 Å². The number of carbonyl (C=O) groups is 1. The average Bonchev–Trinajstić information content (AvgIpc) is 2.46. The van der Waals surface area contributed by atoms with E-state index in [0.29, 0.717) is 16.9 Å². The van der Waals surface area contributed by atoms with E-state index in [1.165, 1.54) is 25.1 Å². The molecule has 0 aromatic heterocycles. The molecule has 0 saturated heterocycles. The summed E-state index contributed by atoms with van der Waals surface area (Å²) in [6, 6.07) is 8.05. The molecule has 0 radical (unpaired) electrons. The minimum Gasteiger partial charge on any atom is -0.326 e. The summed E-state index contributed by atoms with van der Waals surface area (Å²) in [4.78, 5) is 11.1. The third kappa shape index (κ3) is 3.87. The molecule has 5 nitrogen and oxygen atoms in total. The first-order valence-corrected chi connectivity index (χ1v) is 8.35. The molecule has 1 amide bonds. The fraction of sp³-hybridized carbons (Fsp3) is 0.188. The summed E-state index contributed by atoms with van der Waals surface area (Å²) in [5, 5.41) is 2.68. The molecular weight excluding hydrogens is 319 g/mol. The maximum atomic E-state index is 13.2. The molecule has 0 aliphatic rings. The van der Waals surface area contributed by atoms with Crippen LogP contribution in [0, 0.1) is 19.7 Å². The molecule has 0 unspecified atom stereocenters. The van der Waals surface area contributed by atoms with Crippen LogP contribution in [0.5, 0.6) is 0 Å². The number of anilines is 2. The molecule has 0 spiro atoms. The van der Waals surface area contributed by atoms with Gasteiger partial charge in [-0.25, -0.2) is 12.8 Å². The molecule has 0 atom stereocenters. The minimum absolute atomic E-state index is 0.168. The van der Waals surface area contributed by atoms with E-state index in [-0.39, 0.29) is 10.8 Å². The van der Waals surface area contributed by atoms with E-state index in [9.17, 15) is 17.6 Å². The number of hydrogen-bond donors (Lipinski definition) is 2. The summed E-state index contributed by atoms with van der Waals surface area (Å²) >= 11 is 0. The first kappa shape index (κ1) is 17.0. The molecule has 2 aromatic carbocycles. The van der Waals surface area contributed by atoms with Gasteiger partial charge < -0.3 is 5.32 Å². The number of aryl methyl sites for hydroxylation is 1. The summed E-state index contributed by atoms with van der Waals surface area (Å²) in [5.41, 5.74) is 2.27. The van der Waals surface area contributed by atoms with Crippen molar-refractivity contribution in [2.24, 2.45) is 0 Å². The fourth-order valence-electron chi connectivity index (χ4n) is 2.16. The molecule has 23 heavy (non-hydrogen) atoms. The van der Waals surface area contributed by atoms with Crippen LogP contribution in [-0.2, 0) is 14.8 Å². The van der Waals surface area contributed by atoms with Crippen molar-refractivity contribution in [1.29, 1.82) is 0 Å². The summed E-state index contributed by atoms with van der Waals surface area (Å²) in [7, 11) is -3.92. The number of amides is 1. The summed E-state index contributed by atoms with van der Waals surface area (Å²) < 4.78 is 40.4. The maximum Gasteiger partial charge on any atom is 0.262 e. The Morgan fingerprint density at radius 3 is 2.43 bits per heavy atom. The molecule has 122 valence electrons.